The van der Waals surface area contributed by atoms with Crippen LogP contribution in [0.25, 0.3) is 11.3 Å². The van der Waals surface area contributed by atoms with Crippen molar-refractivity contribution >= 4 is 5.91 Å². The van der Waals surface area contributed by atoms with Gasteiger partial charge in [0.2, 0.25) is 18.4 Å². The van der Waals surface area contributed by atoms with Crippen LogP contribution in [0.1, 0.15) is 24.1 Å². The molecule has 2 aromatic carbocycles. The lowest BCUT2D eigenvalue weighted by Crippen LogP contribution is -2.34. The monoisotopic (exact) mass is 452 g/mol. The first-order valence-electron chi connectivity index (χ1n) is 10.5. The van der Waals surface area contributed by atoms with E-state index in [9.17, 15) is 4.79 Å². The predicted octanol–water partition coefficient (Wildman–Crippen LogP) is 3.44. The van der Waals surface area contributed by atoms with Crippen molar-refractivity contribution in [3.8, 4) is 40.1 Å². The molecule has 0 spiro atoms. The molecular weight excluding hydrogens is 428 g/mol. The molecule has 1 fully saturated rings. The predicted molar refractivity (Wildman–Crippen MR) is 117 cm³/mol. The molecule has 1 saturated carbocycles. The lowest BCUT2D eigenvalue weighted by Gasteiger charge is -2.16. The van der Waals surface area contributed by atoms with Gasteiger partial charge in [0, 0.05) is 18.2 Å². The van der Waals surface area contributed by atoms with Crippen LogP contribution in [0, 0.1) is 0 Å². The number of amides is 1. The van der Waals surface area contributed by atoms with Gasteiger partial charge in [-0.25, -0.2) is 0 Å². The standard InChI is InChI=1S/C24H24N2O7/c1-28-19-8-14(9-20(29-2)22(19)30-3)12-25-23(27)24(6-7-24)21-11-17(33-26-21)15-4-5-16-18(10-15)32-13-31-16/h4-5,8-11H,6-7,12-13H2,1-3H3,(H,25,27). The van der Waals surface area contributed by atoms with Crippen LogP contribution in [0.15, 0.2) is 40.9 Å². The van der Waals surface area contributed by atoms with Gasteiger partial charge in [0.1, 0.15) is 0 Å². The SMILES string of the molecule is COc1cc(CNC(=O)C2(c3cc(-c4ccc5c(c4)OCO5)on3)CC2)cc(OC)c1OC. The van der Waals surface area contributed by atoms with E-state index in [4.69, 9.17) is 28.2 Å². The van der Waals surface area contributed by atoms with Gasteiger partial charge < -0.3 is 33.5 Å². The topological polar surface area (TPSA) is 101 Å². The third-order valence-corrected chi connectivity index (χ3v) is 6.02. The van der Waals surface area contributed by atoms with Crippen molar-refractivity contribution in [2.24, 2.45) is 0 Å². The van der Waals surface area contributed by atoms with Crippen molar-refractivity contribution in [1.29, 1.82) is 0 Å². The number of nitrogens with one attached hydrogen (secondary N) is 1. The number of carbonyl (C=O) groups excluding carboxylic acids is 1. The van der Waals surface area contributed by atoms with Crippen LogP contribution in [-0.2, 0) is 16.8 Å². The summed E-state index contributed by atoms with van der Waals surface area (Å²) in [6.45, 7) is 0.514. The van der Waals surface area contributed by atoms with Crippen LogP contribution >= 0.6 is 0 Å². The van der Waals surface area contributed by atoms with Crippen LogP contribution in [0.2, 0.25) is 0 Å². The number of benzene rings is 2. The lowest BCUT2D eigenvalue weighted by atomic mass is 10.00. The minimum absolute atomic E-state index is 0.0956. The van der Waals surface area contributed by atoms with Crippen LogP contribution in [-0.4, -0.2) is 39.2 Å². The minimum atomic E-state index is -0.682. The summed E-state index contributed by atoms with van der Waals surface area (Å²) in [6.07, 6.45) is 1.42. The summed E-state index contributed by atoms with van der Waals surface area (Å²) in [5.74, 6) is 3.42. The van der Waals surface area contributed by atoms with Crippen LogP contribution < -0.4 is 29.0 Å². The molecular formula is C24H24N2O7. The molecule has 9 nitrogen and oxygen atoms in total. The van der Waals surface area contributed by atoms with E-state index in [1.54, 1.807) is 21.3 Å². The first-order valence-corrected chi connectivity index (χ1v) is 10.5. The number of carbonyl (C=O) groups is 1. The molecule has 1 aliphatic heterocycles. The summed E-state index contributed by atoms with van der Waals surface area (Å²) < 4.78 is 32.5. The Morgan fingerprint density at radius 2 is 1.73 bits per heavy atom. The number of ether oxygens (including phenoxy) is 5. The van der Waals surface area contributed by atoms with E-state index in [2.05, 4.69) is 10.5 Å². The van der Waals surface area contributed by atoms with E-state index < -0.39 is 5.41 Å². The summed E-state index contributed by atoms with van der Waals surface area (Å²) >= 11 is 0. The number of nitrogens with zero attached hydrogens (tertiary/aromatic N) is 1. The zero-order chi connectivity index (χ0) is 23.0. The Morgan fingerprint density at radius 1 is 1.00 bits per heavy atom. The molecule has 9 heteroatoms. The Kier molecular flexibility index (Phi) is 5.24. The van der Waals surface area contributed by atoms with Crippen LogP contribution in [0.4, 0.5) is 0 Å². The highest BCUT2D eigenvalue weighted by Crippen LogP contribution is 2.49. The molecule has 0 unspecified atom stereocenters. The van der Waals surface area contributed by atoms with E-state index in [0.717, 1.165) is 11.1 Å². The zero-order valence-electron chi connectivity index (χ0n) is 18.6. The second-order valence-electron chi connectivity index (χ2n) is 7.94. The maximum Gasteiger partial charge on any atom is 0.232 e. The first-order chi connectivity index (χ1) is 16.1. The molecule has 1 amide bonds. The van der Waals surface area contributed by atoms with E-state index in [-0.39, 0.29) is 12.7 Å². The van der Waals surface area contributed by atoms with Gasteiger partial charge in [0.05, 0.1) is 32.4 Å². The molecule has 33 heavy (non-hydrogen) atoms. The highest BCUT2D eigenvalue weighted by atomic mass is 16.7. The molecule has 1 aromatic heterocycles. The average molecular weight is 452 g/mol. The highest BCUT2D eigenvalue weighted by molar-refractivity contribution is 5.91. The van der Waals surface area contributed by atoms with Crippen molar-refractivity contribution < 1.29 is 33.0 Å². The number of hydrogen-bond donors (Lipinski definition) is 1. The van der Waals surface area contributed by atoms with E-state index in [1.165, 1.54) is 0 Å². The zero-order valence-corrected chi connectivity index (χ0v) is 18.6. The fourth-order valence-corrected chi connectivity index (χ4v) is 4.00. The molecule has 0 atom stereocenters. The molecule has 3 aromatic rings. The van der Waals surface area contributed by atoms with Gasteiger partial charge >= 0.3 is 0 Å². The Hall–Kier alpha value is -3.88. The normalized spacial score (nSPS) is 15.1. The maximum atomic E-state index is 13.1. The van der Waals surface area contributed by atoms with Crippen molar-refractivity contribution in [2.75, 3.05) is 28.1 Å². The van der Waals surface area contributed by atoms with E-state index in [0.29, 0.717) is 59.6 Å². The Balaban J connectivity index is 1.31. The van der Waals surface area contributed by atoms with Crippen molar-refractivity contribution in [1.82, 2.24) is 10.5 Å². The first kappa shape index (κ1) is 21.0. The summed E-state index contributed by atoms with van der Waals surface area (Å²) in [4.78, 5) is 13.1. The van der Waals surface area contributed by atoms with Gasteiger partial charge in [0.15, 0.2) is 28.8 Å². The lowest BCUT2D eigenvalue weighted by molar-refractivity contribution is -0.123. The second-order valence-corrected chi connectivity index (χ2v) is 7.94. The summed E-state index contributed by atoms with van der Waals surface area (Å²) in [7, 11) is 4.66. The fraction of sp³-hybridized carbons (Fsp3) is 0.333. The molecule has 0 saturated heterocycles. The van der Waals surface area contributed by atoms with Crippen LogP contribution in [0.3, 0.4) is 0 Å². The smallest absolute Gasteiger partial charge is 0.232 e. The third kappa shape index (κ3) is 3.69. The van der Waals surface area contributed by atoms with Gasteiger partial charge in [-0.05, 0) is 48.7 Å². The van der Waals surface area contributed by atoms with Gasteiger partial charge in [-0.3, -0.25) is 4.79 Å². The summed E-state index contributed by atoms with van der Waals surface area (Å²) in [5.41, 5.74) is 1.58. The quantitative estimate of drug-likeness (QED) is 0.555. The van der Waals surface area contributed by atoms with Gasteiger partial charge in [-0.15, -0.1) is 0 Å². The van der Waals surface area contributed by atoms with E-state index in [1.807, 2.05) is 36.4 Å². The molecule has 172 valence electrons. The maximum absolute atomic E-state index is 13.1. The fourth-order valence-electron chi connectivity index (χ4n) is 4.00. The number of rotatable bonds is 8. The summed E-state index contributed by atoms with van der Waals surface area (Å²) in [6, 6.07) is 11.0. The van der Waals surface area contributed by atoms with Crippen molar-refractivity contribution in [3.05, 3.63) is 47.7 Å². The van der Waals surface area contributed by atoms with Crippen LogP contribution in [0.5, 0.6) is 28.7 Å². The molecule has 5 rings (SSSR count). The van der Waals surface area contributed by atoms with Crippen molar-refractivity contribution in [2.45, 2.75) is 24.8 Å². The number of hydrogen-bond acceptors (Lipinski definition) is 8. The Morgan fingerprint density at radius 3 is 2.39 bits per heavy atom. The second kappa shape index (κ2) is 8.23. The number of fused-ring (bicyclic) bond motifs is 1. The molecule has 1 N–H and O–H groups in total. The minimum Gasteiger partial charge on any atom is -0.493 e. The number of methoxy groups -OCH3 is 3. The van der Waals surface area contributed by atoms with Gasteiger partial charge in [-0.1, -0.05) is 5.16 Å². The highest BCUT2D eigenvalue weighted by Gasteiger charge is 2.53. The molecule has 1 aliphatic carbocycles. The van der Waals surface area contributed by atoms with E-state index >= 15 is 0 Å². The Bertz CT molecular complexity index is 1170. The molecule has 0 radical (unpaired) electrons. The number of aromatic nitrogens is 1. The molecule has 0 bridgehead atoms. The third-order valence-electron chi connectivity index (χ3n) is 6.02. The Labute approximate surface area is 190 Å². The largest absolute Gasteiger partial charge is 0.493 e. The molecule has 2 heterocycles. The average Bonchev–Trinajstić information content (AvgIpc) is 3.27. The van der Waals surface area contributed by atoms with Crippen molar-refractivity contribution in [3.63, 3.8) is 0 Å². The van der Waals surface area contributed by atoms with Gasteiger partial charge in [0.25, 0.3) is 0 Å². The van der Waals surface area contributed by atoms with Gasteiger partial charge in [-0.2, -0.15) is 0 Å². The molecule has 2 aliphatic rings. The summed E-state index contributed by atoms with van der Waals surface area (Å²) in [5, 5.41) is 7.22.